The van der Waals surface area contributed by atoms with Crippen molar-refractivity contribution < 1.29 is 18.7 Å². The van der Waals surface area contributed by atoms with E-state index in [-0.39, 0.29) is 22.2 Å². The van der Waals surface area contributed by atoms with Gasteiger partial charge in [0.15, 0.2) is 0 Å². The molecule has 0 saturated heterocycles. The SMILES string of the molecule is COC(=O)c1cc(Oc2n[nH]c(=O)c3cccc(Cl)c23)ccc1F. The van der Waals surface area contributed by atoms with Crippen LogP contribution in [-0.2, 0) is 4.74 Å². The van der Waals surface area contributed by atoms with Crippen molar-refractivity contribution in [2.75, 3.05) is 7.11 Å². The largest absolute Gasteiger partial charge is 0.465 e. The van der Waals surface area contributed by atoms with Crippen LogP contribution in [0.1, 0.15) is 10.4 Å². The second-order valence-electron chi connectivity index (χ2n) is 4.76. The monoisotopic (exact) mass is 348 g/mol. The average Bonchev–Trinajstić information content (AvgIpc) is 2.58. The number of fused-ring (bicyclic) bond motifs is 1. The van der Waals surface area contributed by atoms with Crippen LogP contribution < -0.4 is 10.3 Å². The summed E-state index contributed by atoms with van der Waals surface area (Å²) in [7, 11) is 1.14. The normalized spacial score (nSPS) is 10.6. The van der Waals surface area contributed by atoms with Gasteiger partial charge >= 0.3 is 5.97 Å². The van der Waals surface area contributed by atoms with Crippen molar-refractivity contribution in [2.24, 2.45) is 0 Å². The lowest BCUT2D eigenvalue weighted by Gasteiger charge is -2.09. The van der Waals surface area contributed by atoms with Crippen LogP contribution in [0.3, 0.4) is 0 Å². The summed E-state index contributed by atoms with van der Waals surface area (Å²) in [5.74, 6) is -1.42. The zero-order chi connectivity index (χ0) is 17.3. The van der Waals surface area contributed by atoms with Gasteiger partial charge in [-0.1, -0.05) is 17.7 Å². The maximum atomic E-state index is 13.7. The number of carbonyl (C=O) groups is 1. The predicted molar refractivity (Wildman–Crippen MR) is 85.2 cm³/mol. The number of aromatic amines is 1. The van der Waals surface area contributed by atoms with Crippen LogP contribution in [0.2, 0.25) is 5.02 Å². The molecule has 24 heavy (non-hydrogen) atoms. The van der Waals surface area contributed by atoms with E-state index in [9.17, 15) is 14.0 Å². The third-order valence-electron chi connectivity index (χ3n) is 3.29. The number of aromatic nitrogens is 2. The second kappa shape index (κ2) is 6.29. The summed E-state index contributed by atoms with van der Waals surface area (Å²) >= 11 is 6.12. The molecule has 0 aliphatic heterocycles. The average molecular weight is 349 g/mol. The van der Waals surface area contributed by atoms with Crippen molar-refractivity contribution in [3.63, 3.8) is 0 Å². The van der Waals surface area contributed by atoms with E-state index in [1.807, 2.05) is 0 Å². The lowest BCUT2D eigenvalue weighted by atomic mass is 10.2. The highest BCUT2D eigenvalue weighted by Crippen LogP contribution is 2.31. The molecule has 1 N–H and O–H groups in total. The number of carbonyl (C=O) groups excluding carboxylic acids is 1. The Bertz CT molecular complexity index is 1000. The number of methoxy groups -OCH3 is 1. The quantitative estimate of drug-likeness (QED) is 0.734. The van der Waals surface area contributed by atoms with Gasteiger partial charge in [-0.15, -0.1) is 5.10 Å². The van der Waals surface area contributed by atoms with E-state index in [0.717, 1.165) is 13.2 Å². The number of H-pyrrole nitrogens is 1. The van der Waals surface area contributed by atoms with E-state index < -0.39 is 17.3 Å². The molecule has 122 valence electrons. The van der Waals surface area contributed by atoms with Crippen LogP contribution in [0.4, 0.5) is 4.39 Å². The first-order valence-corrected chi connectivity index (χ1v) is 7.11. The van der Waals surface area contributed by atoms with E-state index in [0.29, 0.717) is 10.8 Å². The van der Waals surface area contributed by atoms with Gasteiger partial charge in [0.1, 0.15) is 11.6 Å². The maximum Gasteiger partial charge on any atom is 0.340 e. The van der Waals surface area contributed by atoms with Gasteiger partial charge < -0.3 is 9.47 Å². The minimum absolute atomic E-state index is 0.0256. The summed E-state index contributed by atoms with van der Waals surface area (Å²) in [5.41, 5.74) is -0.705. The van der Waals surface area contributed by atoms with Crippen molar-refractivity contribution in [2.45, 2.75) is 0 Å². The summed E-state index contributed by atoms with van der Waals surface area (Å²) in [6, 6.07) is 8.34. The van der Waals surface area contributed by atoms with Gasteiger partial charge in [-0.25, -0.2) is 14.3 Å². The molecule has 0 saturated carbocycles. The van der Waals surface area contributed by atoms with E-state index in [1.165, 1.54) is 12.1 Å². The topological polar surface area (TPSA) is 81.3 Å². The Kier molecular flexibility index (Phi) is 4.18. The zero-order valence-corrected chi connectivity index (χ0v) is 13.1. The molecule has 0 fully saturated rings. The molecule has 3 aromatic rings. The highest BCUT2D eigenvalue weighted by atomic mass is 35.5. The van der Waals surface area contributed by atoms with Crippen molar-refractivity contribution >= 4 is 28.3 Å². The first-order valence-electron chi connectivity index (χ1n) is 6.74. The lowest BCUT2D eigenvalue weighted by molar-refractivity contribution is 0.0595. The highest BCUT2D eigenvalue weighted by Gasteiger charge is 2.16. The van der Waals surface area contributed by atoms with E-state index >= 15 is 0 Å². The third kappa shape index (κ3) is 2.81. The Morgan fingerprint density at radius 2 is 2.08 bits per heavy atom. The zero-order valence-electron chi connectivity index (χ0n) is 12.3. The number of esters is 1. The molecule has 1 heterocycles. The first kappa shape index (κ1) is 15.9. The highest BCUT2D eigenvalue weighted by molar-refractivity contribution is 6.36. The number of rotatable bonds is 3. The lowest BCUT2D eigenvalue weighted by Crippen LogP contribution is -2.10. The third-order valence-corrected chi connectivity index (χ3v) is 3.60. The van der Waals surface area contributed by atoms with Gasteiger partial charge in [-0.3, -0.25) is 4.79 Å². The summed E-state index contributed by atoms with van der Waals surface area (Å²) in [6.45, 7) is 0. The van der Waals surface area contributed by atoms with Crippen molar-refractivity contribution in [3.05, 3.63) is 63.2 Å². The van der Waals surface area contributed by atoms with Crippen molar-refractivity contribution in [1.29, 1.82) is 0 Å². The summed E-state index contributed by atoms with van der Waals surface area (Å²) in [4.78, 5) is 23.4. The number of hydrogen-bond donors (Lipinski definition) is 1. The standard InChI is InChI=1S/C16H10ClFN2O4/c1-23-16(22)10-7-8(5-6-12(10)18)24-15-13-9(14(21)19-20-15)3-2-4-11(13)17/h2-7H,1H3,(H,19,21). The number of ether oxygens (including phenoxy) is 2. The van der Waals surface area contributed by atoms with Gasteiger partial charge in [-0.05, 0) is 30.3 Å². The fourth-order valence-corrected chi connectivity index (χ4v) is 2.42. The Morgan fingerprint density at radius 3 is 2.83 bits per heavy atom. The van der Waals surface area contributed by atoms with E-state index in [4.69, 9.17) is 16.3 Å². The van der Waals surface area contributed by atoms with Gasteiger partial charge in [0.05, 0.1) is 28.5 Å². The van der Waals surface area contributed by atoms with Crippen LogP contribution in [0.5, 0.6) is 11.6 Å². The molecule has 0 amide bonds. The number of hydrogen-bond acceptors (Lipinski definition) is 5. The molecule has 0 aliphatic rings. The van der Waals surface area contributed by atoms with Crippen LogP contribution in [-0.4, -0.2) is 23.3 Å². The van der Waals surface area contributed by atoms with Crippen LogP contribution in [0.25, 0.3) is 10.8 Å². The summed E-state index contributed by atoms with van der Waals surface area (Å²) in [6.07, 6.45) is 0. The number of benzene rings is 2. The van der Waals surface area contributed by atoms with Crippen LogP contribution in [0, 0.1) is 5.82 Å². The van der Waals surface area contributed by atoms with Gasteiger partial charge in [0, 0.05) is 0 Å². The minimum atomic E-state index is -0.838. The molecule has 6 nitrogen and oxygen atoms in total. The number of nitrogens with zero attached hydrogens (tertiary/aromatic N) is 1. The fraction of sp³-hybridized carbons (Fsp3) is 0.0625. The van der Waals surface area contributed by atoms with Crippen LogP contribution in [0.15, 0.2) is 41.2 Å². The molecule has 0 bridgehead atoms. The molecular formula is C16H10ClFN2O4. The fourth-order valence-electron chi connectivity index (χ4n) is 2.17. The summed E-state index contributed by atoms with van der Waals surface area (Å²) in [5, 5.41) is 7.00. The molecular weight excluding hydrogens is 339 g/mol. The number of nitrogens with one attached hydrogen (secondary N) is 1. The molecule has 0 spiro atoms. The Morgan fingerprint density at radius 1 is 1.29 bits per heavy atom. The Balaban J connectivity index is 2.10. The smallest absolute Gasteiger partial charge is 0.340 e. The van der Waals surface area contributed by atoms with Crippen molar-refractivity contribution in [1.82, 2.24) is 10.2 Å². The molecule has 0 atom stereocenters. The Labute approximate surface area is 139 Å². The molecule has 8 heteroatoms. The van der Waals surface area contributed by atoms with E-state index in [2.05, 4.69) is 14.9 Å². The minimum Gasteiger partial charge on any atom is -0.465 e. The molecule has 3 rings (SSSR count). The molecule has 2 aromatic carbocycles. The van der Waals surface area contributed by atoms with Gasteiger partial charge in [-0.2, -0.15) is 0 Å². The Hall–Kier alpha value is -2.93. The maximum absolute atomic E-state index is 13.7. The predicted octanol–water partition coefficient (Wildman–Crippen LogP) is 3.29. The van der Waals surface area contributed by atoms with E-state index in [1.54, 1.807) is 18.2 Å². The molecule has 0 unspecified atom stereocenters. The number of halogens is 2. The van der Waals surface area contributed by atoms with Gasteiger partial charge in [0.2, 0.25) is 5.88 Å². The van der Waals surface area contributed by atoms with Gasteiger partial charge in [0.25, 0.3) is 5.56 Å². The second-order valence-corrected chi connectivity index (χ2v) is 5.16. The van der Waals surface area contributed by atoms with Crippen molar-refractivity contribution in [3.8, 4) is 11.6 Å². The van der Waals surface area contributed by atoms with Crippen LogP contribution >= 0.6 is 11.6 Å². The molecule has 0 radical (unpaired) electrons. The summed E-state index contributed by atoms with van der Waals surface area (Å²) < 4.78 is 23.8. The molecule has 1 aromatic heterocycles. The molecule has 0 aliphatic carbocycles. The first-order chi connectivity index (χ1) is 11.5.